The fraction of sp³-hybridized carbons (Fsp3) is 0.571. The Bertz CT molecular complexity index is 383. The summed E-state index contributed by atoms with van der Waals surface area (Å²) < 4.78 is 0. The van der Waals surface area contributed by atoms with Crippen molar-refractivity contribution in [2.75, 3.05) is 6.54 Å². The van der Waals surface area contributed by atoms with Gasteiger partial charge in [-0.2, -0.15) is 0 Å². The molecule has 0 radical (unpaired) electrons. The molecule has 5 nitrogen and oxygen atoms in total. The van der Waals surface area contributed by atoms with E-state index >= 15 is 0 Å². The van der Waals surface area contributed by atoms with Gasteiger partial charge >= 0.3 is 12.1 Å². The molecule has 0 unspecified atom stereocenters. The fourth-order valence-electron chi connectivity index (χ4n) is 1.13. The van der Waals surface area contributed by atoms with Gasteiger partial charge in [-0.3, -0.25) is 4.90 Å². The van der Waals surface area contributed by atoms with E-state index in [1.807, 2.05) is 0 Å². The van der Waals surface area contributed by atoms with Gasteiger partial charge in [-0.1, -0.05) is 44.6 Å². The average Bonchev–Trinajstić information content (AvgIpc) is 3.23. The van der Waals surface area contributed by atoms with Gasteiger partial charge in [-0.15, -0.1) is 0 Å². The molecule has 3 rings (SSSR count). The van der Waals surface area contributed by atoms with Crippen LogP contribution in [-0.2, 0) is 4.79 Å². The van der Waals surface area contributed by atoms with Crippen molar-refractivity contribution in [2.45, 2.75) is 45.4 Å². The number of carboxylic acids is 1. The molecule has 3 aliphatic rings. The normalized spacial score (nSPS) is 18.7. The molecule has 2 saturated carbocycles. The number of rotatable bonds is 1. The average molecular weight is 267 g/mol. The molecule has 5 heteroatoms. The monoisotopic (exact) mass is 267 g/mol. The van der Waals surface area contributed by atoms with Gasteiger partial charge in [0, 0.05) is 12.2 Å². The lowest BCUT2D eigenvalue weighted by Crippen LogP contribution is -2.31. The summed E-state index contributed by atoms with van der Waals surface area (Å²) in [6.45, 7) is 1.68. The third-order valence-electron chi connectivity index (χ3n) is 2.54. The Morgan fingerprint density at radius 1 is 1.05 bits per heavy atom. The van der Waals surface area contributed by atoms with Crippen molar-refractivity contribution in [3.63, 3.8) is 0 Å². The lowest BCUT2D eigenvalue weighted by Gasteiger charge is -2.22. The van der Waals surface area contributed by atoms with E-state index in [9.17, 15) is 9.59 Å². The van der Waals surface area contributed by atoms with E-state index in [1.165, 1.54) is 57.6 Å². The van der Waals surface area contributed by atoms with Gasteiger partial charge in [0.15, 0.2) is 0 Å². The summed E-state index contributed by atoms with van der Waals surface area (Å²) in [7, 11) is 0. The summed E-state index contributed by atoms with van der Waals surface area (Å²) in [6, 6.07) is 0. The van der Waals surface area contributed by atoms with Crippen LogP contribution in [0.5, 0.6) is 0 Å². The first-order valence-corrected chi connectivity index (χ1v) is 6.65. The van der Waals surface area contributed by atoms with Crippen LogP contribution in [0, 0.1) is 0 Å². The summed E-state index contributed by atoms with van der Waals surface area (Å²) in [5, 5.41) is 17.4. The highest BCUT2D eigenvalue weighted by atomic mass is 16.4. The lowest BCUT2D eigenvalue weighted by molar-refractivity contribution is -0.132. The maximum Gasteiger partial charge on any atom is 0.411 e. The largest absolute Gasteiger partial charge is 0.478 e. The Kier molecular flexibility index (Phi) is 6.12. The Morgan fingerprint density at radius 3 is 1.84 bits per heavy atom. The minimum Gasteiger partial charge on any atom is -0.478 e. The predicted molar refractivity (Wildman–Crippen MR) is 71.9 cm³/mol. The second kappa shape index (κ2) is 7.61. The molecule has 0 aromatic rings. The van der Waals surface area contributed by atoms with Crippen LogP contribution in [0.25, 0.3) is 0 Å². The molecule has 106 valence electrons. The molecule has 0 aromatic carbocycles. The van der Waals surface area contributed by atoms with Gasteiger partial charge < -0.3 is 10.2 Å². The highest BCUT2D eigenvalue weighted by Gasteiger charge is 2.21. The molecule has 1 aliphatic heterocycles. The fourth-order valence-corrected chi connectivity index (χ4v) is 1.13. The van der Waals surface area contributed by atoms with Crippen LogP contribution in [0.2, 0.25) is 0 Å². The molecule has 0 bridgehead atoms. The maximum absolute atomic E-state index is 10.6. The molecule has 2 aliphatic carbocycles. The third-order valence-corrected chi connectivity index (χ3v) is 2.54. The molecule has 2 fully saturated rings. The number of amides is 1. The number of hydrogen-bond acceptors (Lipinski definition) is 2. The second-order valence-corrected chi connectivity index (χ2v) is 4.72. The van der Waals surface area contributed by atoms with Crippen LogP contribution < -0.4 is 0 Å². The van der Waals surface area contributed by atoms with Crippen LogP contribution in [0.1, 0.15) is 45.4 Å². The van der Waals surface area contributed by atoms with Crippen molar-refractivity contribution in [1.82, 2.24) is 4.90 Å². The predicted octanol–water partition coefficient (Wildman–Crippen LogP) is 3.24. The molecule has 1 amide bonds. The number of hydrogen-bond donors (Lipinski definition) is 2. The smallest absolute Gasteiger partial charge is 0.411 e. The van der Waals surface area contributed by atoms with E-state index < -0.39 is 12.1 Å². The zero-order valence-corrected chi connectivity index (χ0v) is 11.3. The van der Waals surface area contributed by atoms with Crippen LogP contribution in [0.4, 0.5) is 4.79 Å². The first-order chi connectivity index (χ1) is 9.04. The molecule has 0 spiro atoms. The van der Waals surface area contributed by atoms with E-state index in [-0.39, 0.29) is 17.8 Å². The SMILES string of the molecule is C1CC1.C1CC1.CC1=C(C(=O)O)C=CCN1C(=O)O. The van der Waals surface area contributed by atoms with Crippen molar-refractivity contribution in [2.24, 2.45) is 0 Å². The number of carboxylic acid groups (broad SMARTS) is 2. The molecule has 2 N–H and O–H groups in total. The van der Waals surface area contributed by atoms with Crippen molar-refractivity contribution in [3.8, 4) is 0 Å². The highest BCUT2D eigenvalue weighted by molar-refractivity contribution is 5.91. The van der Waals surface area contributed by atoms with Crippen LogP contribution >= 0.6 is 0 Å². The summed E-state index contributed by atoms with van der Waals surface area (Å²) in [6.07, 6.45) is 10.8. The topological polar surface area (TPSA) is 77.8 Å². The molecule has 0 atom stereocenters. The highest BCUT2D eigenvalue weighted by Crippen LogP contribution is 2.16. The van der Waals surface area contributed by atoms with E-state index in [0.717, 1.165) is 4.90 Å². The van der Waals surface area contributed by atoms with Crippen molar-refractivity contribution in [1.29, 1.82) is 0 Å². The molecular weight excluding hydrogens is 246 g/mol. The lowest BCUT2D eigenvalue weighted by atomic mass is 10.1. The van der Waals surface area contributed by atoms with E-state index in [0.29, 0.717) is 0 Å². The van der Waals surface area contributed by atoms with Crippen LogP contribution in [0.15, 0.2) is 23.4 Å². The van der Waals surface area contributed by atoms with Crippen molar-refractivity contribution >= 4 is 12.1 Å². The van der Waals surface area contributed by atoms with E-state index in [1.54, 1.807) is 0 Å². The first-order valence-electron chi connectivity index (χ1n) is 6.65. The van der Waals surface area contributed by atoms with E-state index in [4.69, 9.17) is 10.2 Å². The molecule has 1 heterocycles. The number of nitrogens with zero attached hydrogens (tertiary/aromatic N) is 1. The Hall–Kier alpha value is -1.78. The number of allylic oxidation sites excluding steroid dienone is 1. The zero-order chi connectivity index (χ0) is 14.3. The second-order valence-electron chi connectivity index (χ2n) is 4.72. The summed E-state index contributed by atoms with van der Waals surface area (Å²) >= 11 is 0. The van der Waals surface area contributed by atoms with Crippen molar-refractivity contribution in [3.05, 3.63) is 23.4 Å². The Morgan fingerprint density at radius 2 is 1.53 bits per heavy atom. The van der Waals surface area contributed by atoms with Crippen LogP contribution in [0.3, 0.4) is 0 Å². The first kappa shape index (κ1) is 15.3. The maximum atomic E-state index is 10.6. The van der Waals surface area contributed by atoms with Gasteiger partial charge in [0.05, 0.1) is 5.57 Å². The van der Waals surface area contributed by atoms with Gasteiger partial charge in [-0.25, -0.2) is 9.59 Å². The molecular formula is C14H21NO4. The summed E-state index contributed by atoms with van der Waals surface area (Å²) in [5.41, 5.74) is 0.274. The number of aliphatic carboxylic acids is 1. The standard InChI is InChI=1S/C8H9NO4.2C3H6/c1-5-6(7(10)11)3-2-4-9(5)8(12)13;2*1-2-3-1/h2-3H,4H2,1H3,(H,10,11)(H,12,13);2*1-3H2. The van der Waals surface area contributed by atoms with Gasteiger partial charge in [0.2, 0.25) is 0 Å². The van der Waals surface area contributed by atoms with Gasteiger partial charge in [-0.05, 0) is 13.0 Å². The van der Waals surface area contributed by atoms with Crippen LogP contribution in [-0.4, -0.2) is 33.7 Å². The summed E-state index contributed by atoms with van der Waals surface area (Å²) in [4.78, 5) is 22.2. The Balaban J connectivity index is 0.000000241. The van der Waals surface area contributed by atoms with Gasteiger partial charge in [0.25, 0.3) is 0 Å². The summed E-state index contributed by atoms with van der Waals surface area (Å²) in [5.74, 6) is -1.11. The zero-order valence-electron chi connectivity index (χ0n) is 11.3. The molecule has 0 aromatic heterocycles. The Labute approximate surface area is 113 Å². The number of carbonyl (C=O) groups is 2. The van der Waals surface area contributed by atoms with E-state index in [2.05, 4.69) is 0 Å². The quantitative estimate of drug-likeness (QED) is 0.764. The molecule has 19 heavy (non-hydrogen) atoms. The van der Waals surface area contributed by atoms with Crippen molar-refractivity contribution < 1.29 is 19.8 Å². The minimum atomic E-state index is -1.14. The third kappa shape index (κ3) is 6.64. The molecule has 0 saturated heterocycles. The minimum absolute atomic E-state index is 0.0219. The van der Waals surface area contributed by atoms with Gasteiger partial charge in [0.1, 0.15) is 0 Å².